The topological polar surface area (TPSA) is 42.7 Å². The highest BCUT2D eigenvalue weighted by molar-refractivity contribution is 5.33. The summed E-state index contributed by atoms with van der Waals surface area (Å²) in [7, 11) is 1.91. The fourth-order valence-electron chi connectivity index (χ4n) is 1.21. The first-order chi connectivity index (χ1) is 6.84. The zero-order valence-electron chi connectivity index (χ0n) is 8.01. The molecule has 14 heavy (non-hydrogen) atoms. The van der Waals surface area contributed by atoms with Crippen LogP contribution in [0.1, 0.15) is 5.69 Å². The van der Waals surface area contributed by atoms with Crippen LogP contribution in [0.2, 0.25) is 0 Å². The van der Waals surface area contributed by atoms with Gasteiger partial charge in [0.05, 0.1) is 12.2 Å². The maximum atomic E-state index is 4.25. The number of aryl methyl sites for hydroxylation is 1. The molecule has 0 amide bonds. The van der Waals surface area contributed by atoms with Crippen LogP contribution in [0.15, 0.2) is 36.7 Å². The zero-order valence-corrected chi connectivity index (χ0v) is 8.01. The van der Waals surface area contributed by atoms with Gasteiger partial charge < -0.3 is 5.32 Å². The van der Waals surface area contributed by atoms with Crippen LogP contribution in [0, 0.1) is 0 Å². The number of anilines is 1. The molecule has 0 aromatic carbocycles. The minimum absolute atomic E-state index is 0.706. The highest BCUT2D eigenvalue weighted by atomic mass is 15.3. The van der Waals surface area contributed by atoms with E-state index in [2.05, 4.69) is 15.4 Å². The van der Waals surface area contributed by atoms with Crippen molar-refractivity contribution in [3.8, 4) is 0 Å². The van der Waals surface area contributed by atoms with Crippen molar-refractivity contribution in [3.05, 3.63) is 42.4 Å². The Kier molecular flexibility index (Phi) is 2.44. The van der Waals surface area contributed by atoms with Gasteiger partial charge in [0, 0.05) is 19.4 Å². The normalized spacial score (nSPS) is 10.1. The van der Waals surface area contributed by atoms with Crippen LogP contribution in [0.25, 0.3) is 0 Å². The lowest BCUT2D eigenvalue weighted by molar-refractivity contribution is 0.747. The van der Waals surface area contributed by atoms with E-state index < -0.39 is 0 Å². The molecule has 0 fully saturated rings. The second kappa shape index (κ2) is 3.91. The molecule has 2 aromatic heterocycles. The van der Waals surface area contributed by atoms with Crippen molar-refractivity contribution in [2.75, 3.05) is 5.32 Å². The van der Waals surface area contributed by atoms with Crippen molar-refractivity contribution in [1.29, 1.82) is 0 Å². The number of pyridine rings is 1. The Hall–Kier alpha value is -1.84. The maximum Gasteiger partial charge on any atom is 0.126 e. The Bertz CT molecular complexity index is 394. The van der Waals surface area contributed by atoms with E-state index in [9.17, 15) is 0 Å². The van der Waals surface area contributed by atoms with Crippen LogP contribution >= 0.6 is 0 Å². The predicted molar refractivity (Wildman–Crippen MR) is 54.8 cm³/mol. The molecule has 0 radical (unpaired) electrons. The summed E-state index contributed by atoms with van der Waals surface area (Å²) in [5.74, 6) is 0.873. The van der Waals surface area contributed by atoms with Crippen molar-refractivity contribution >= 4 is 5.82 Å². The van der Waals surface area contributed by atoms with Gasteiger partial charge in [-0.3, -0.25) is 4.68 Å². The number of hydrogen-bond donors (Lipinski definition) is 1. The van der Waals surface area contributed by atoms with Gasteiger partial charge in [-0.1, -0.05) is 6.07 Å². The van der Waals surface area contributed by atoms with Crippen molar-refractivity contribution in [2.24, 2.45) is 7.05 Å². The van der Waals surface area contributed by atoms with Gasteiger partial charge in [0.25, 0.3) is 0 Å². The first kappa shape index (κ1) is 8.74. The number of rotatable bonds is 3. The monoisotopic (exact) mass is 188 g/mol. The third kappa shape index (κ3) is 2.10. The quantitative estimate of drug-likeness (QED) is 0.792. The lowest BCUT2D eigenvalue weighted by Gasteiger charge is -2.01. The van der Waals surface area contributed by atoms with Crippen molar-refractivity contribution in [2.45, 2.75) is 6.54 Å². The van der Waals surface area contributed by atoms with E-state index in [1.807, 2.05) is 37.5 Å². The number of hydrogen-bond acceptors (Lipinski definition) is 3. The Morgan fingerprint density at radius 2 is 2.29 bits per heavy atom. The summed E-state index contributed by atoms with van der Waals surface area (Å²) >= 11 is 0. The molecule has 0 bridgehead atoms. The van der Waals surface area contributed by atoms with Crippen molar-refractivity contribution in [1.82, 2.24) is 14.8 Å². The van der Waals surface area contributed by atoms with Crippen LogP contribution in [-0.2, 0) is 13.6 Å². The summed E-state index contributed by atoms with van der Waals surface area (Å²) in [5.41, 5.74) is 1.01. The Morgan fingerprint density at radius 3 is 2.93 bits per heavy atom. The smallest absolute Gasteiger partial charge is 0.126 e. The van der Waals surface area contributed by atoms with E-state index in [0.29, 0.717) is 6.54 Å². The fourth-order valence-corrected chi connectivity index (χ4v) is 1.21. The van der Waals surface area contributed by atoms with E-state index in [4.69, 9.17) is 0 Å². The summed E-state index contributed by atoms with van der Waals surface area (Å²) in [6.07, 6.45) is 3.69. The summed E-state index contributed by atoms with van der Waals surface area (Å²) in [6.45, 7) is 0.706. The number of nitrogens with zero attached hydrogens (tertiary/aromatic N) is 3. The van der Waals surface area contributed by atoms with Gasteiger partial charge in [-0.05, 0) is 18.2 Å². The first-order valence-electron chi connectivity index (χ1n) is 4.48. The molecule has 2 heterocycles. The molecule has 0 atom stereocenters. The van der Waals surface area contributed by atoms with Crippen molar-refractivity contribution < 1.29 is 0 Å². The molecule has 0 saturated heterocycles. The molecule has 4 heteroatoms. The first-order valence-corrected chi connectivity index (χ1v) is 4.48. The van der Waals surface area contributed by atoms with Gasteiger partial charge >= 0.3 is 0 Å². The van der Waals surface area contributed by atoms with Crippen LogP contribution < -0.4 is 5.32 Å². The third-order valence-corrected chi connectivity index (χ3v) is 1.88. The Balaban J connectivity index is 1.95. The molecule has 2 aromatic rings. The van der Waals surface area contributed by atoms with E-state index >= 15 is 0 Å². The molecule has 72 valence electrons. The highest BCUT2D eigenvalue weighted by Crippen LogP contribution is 2.02. The number of nitrogens with one attached hydrogen (secondary N) is 1. The SMILES string of the molecule is Cn1ccc(CNc2ccccn2)n1. The average molecular weight is 188 g/mol. The Morgan fingerprint density at radius 1 is 1.36 bits per heavy atom. The molecular formula is C10H12N4. The second-order valence-corrected chi connectivity index (χ2v) is 3.05. The van der Waals surface area contributed by atoms with Crippen LogP contribution in [-0.4, -0.2) is 14.8 Å². The molecule has 0 aliphatic carbocycles. The van der Waals surface area contributed by atoms with Gasteiger partial charge in [-0.25, -0.2) is 4.98 Å². The minimum atomic E-state index is 0.706. The molecule has 1 N–H and O–H groups in total. The van der Waals surface area contributed by atoms with Gasteiger partial charge in [0.15, 0.2) is 0 Å². The molecular weight excluding hydrogens is 176 g/mol. The summed E-state index contributed by atoms with van der Waals surface area (Å²) < 4.78 is 1.79. The summed E-state index contributed by atoms with van der Waals surface area (Å²) in [6, 6.07) is 7.76. The minimum Gasteiger partial charge on any atom is -0.364 e. The lowest BCUT2D eigenvalue weighted by atomic mass is 10.4. The second-order valence-electron chi connectivity index (χ2n) is 3.05. The fraction of sp³-hybridized carbons (Fsp3) is 0.200. The molecule has 0 aliphatic rings. The van der Waals surface area contributed by atoms with Crippen LogP contribution in [0.4, 0.5) is 5.82 Å². The van der Waals surface area contributed by atoms with Gasteiger partial charge in [-0.2, -0.15) is 5.10 Å². The van der Waals surface area contributed by atoms with Crippen LogP contribution in [0.3, 0.4) is 0 Å². The molecule has 2 rings (SSSR count). The molecule has 0 saturated carbocycles. The van der Waals surface area contributed by atoms with Crippen LogP contribution in [0.5, 0.6) is 0 Å². The zero-order chi connectivity index (χ0) is 9.80. The third-order valence-electron chi connectivity index (χ3n) is 1.88. The number of aromatic nitrogens is 3. The maximum absolute atomic E-state index is 4.25. The van der Waals surface area contributed by atoms with Crippen molar-refractivity contribution in [3.63, 3.8) is 0 Å². The summed E-state index contributed by atoms with van der Waals surface area (Å²) in [4.78, 5) is 4.15. The summed E-state index contributed by atoms with van der Waals surface area (Å²) in [5, 5.41) is 7.44. The standard InChI is InChI=1S/C10H12N4/c1-14-7-5-9(13-14)8-12-10-4-2-3-6-11-10/h2-7H,8H2,1H3,(H,11,12). The van der Waals surface area contributed by atoms with E-state index in [-0.39, 0.29) is 0 Å². The molecule has 4 nitrogen and oxygen atoms in total. The van der Waals surface area contributed by atoms with Gasteiger partial charge in [-0.15, -0.1) is 0 Å². The average Bonchev–Trinajstić information content (AvgIpc) is 2.63. The van der Waals surface area contributed by atoms with E-state index in [1.54, 1.807) is 10.9 Å². The molecule has 0 spiro atoms. The highest BCUT2D eigenvalue weighted by Gasteiger charge is 1.96. The Labute approximate surface area is 82.6 Å². The van der Waals surface area contributed by atoms with Gasteiger partial charge in [0.1, 0.15) is 5.82 Å². The van der Waals surface area contributed by atoms with E-state index in [0.717, 1.165) is 11.5 Å². The molecule has 0 unspecified atom stereocenters. The lowest BCUT2D eigenvalue weighted by Crippen LogP contribution is -2.02. The molecule has 0 aliphatic heterocycles. The van der Waals surface area contributed by atoms with E-state index in [1.165, 1.54) is 0 Å². The van der Waals surface area contributed by atoms with Gasteiger partial charge in [0.2, 0.25) is 0 Å². The predicted octanol–water partition coefficient (Wildman–Crippen LogP) is 1.43. The largest absolute Gasteiger partial charge is 0.364 e.